The van der Waals surface area contributed by atoms with Crippen LogP contribution in [-0.4, -0.2) is 15.3 Å². The maximum absolute atomic E-state index is 13.0. The number of nitrogens with zero attached hydrogens (tertiary/aromatic N) is 1. The van der Waals surface area contributed by atoms with Crippen LogP contribution in [0, 0.1) is 11.7 Å². The maximum atomic E-state index is 13.0. The average molecular weight is 274 g/mol. The van der Waals surface area contributed by atoms with Crippen LogP contribution in [0.2, 0.25) is 0 Å². The fraction of sp³-hybridized carbons (Fsp3) is 0.438. The van der Waals surface area contributed by atoms with Crippen LogP contribution in [0.1, 0.15) is 43.8 Å². The number of nitrogens with one attached hydrogen (secondary N) is 1. The number of benzene rings is 1. The molecule has 1 saturated carbocycles. The minimum atomic E-state index is -0.503. The molecule has 1 atom stereocenters. The summed E-state index contributed by atoms with van der Waals surface area (Å²) in [6.07, 6.45) is 6.92. The zero-order valence-corrected chi connectivity index (χ0v) is 11.3. The molecule has 2 N–H and O–H groups in total. The van der Waals surface area contributed by atoms with Gasteiger partial charge in [0.15, 0.2) is 0 Å². The van der Waals surface area contributed by atoms with Gasteiger partial charge in [-0.25, -0.2) is 4.39 Å². The first-order valence-corrected chi connectivity index (χ1v) is 7.21. The molecule has 0 aliphatic heterocycles. The molecule has 1 aliphatic rings. The molecule has 1 heterocycles. The zero-order chi connectivity index (χ0) is 13.9. The number of hydrogen-bond acceptors (Lipinski definition) is 2. The van der Waals surface area contributed by atoms with Crippen molar-refractivity contribution in [2.75, 3.05) is 0 Å². The van der Waals surface area contributed by atoms with Gasteiger partial charge >= 0.3 is 0 Å². The number of rotatable bonds is 4. The summed E-state index contributed by atoms with van der Waals surface area (Å²) in [5.74, 6) is 0.349. The van der Waals surface area contributed by atoms with Crippen LogP contribution in [0.15, 0.2) is 30.5 Å². The molecule has 1 fully saturated rings. The molecular weight excluding hydrogens is 255 g/mol. The van der Waals surface area contributed by atoms with E-state index in [-0.39, 0.29) is 5.82 Å². The summed E-state index contributed by atoms with van der Waals surface area (Å²) < 4.78 is 13.0. The molecule has 0 radical (unpaired) electrons. The molecule has 0 spiro atoms. The van der Waals surface area contributed by atoms with Gasteiger partial charge in [-0.2, -0.15) is 5.10 Å². The SMILES string of the molecule is OC(CC1CCCC1)c1cn[nH]c1-c1ccc(F)cc1. The average Bonchev–Trinajstić information content (AvgIpc) is 3.10. The van der Waals surface area contributed by atoms with E-state index in [0.29, 0.717) is 5.92 Å². The van der Waals surface area contributed by atoms with Crippen LogP contribution in [-0.2, 0) is 0 Å². The minimum Gasteiger partial charge on any atom is -0.388 e. The third-order valence-corrected chi connectivity index (χ3v) is 4.19. The predicted molar refractivity (Wildman–Crippen MR) is 75.5 cm³/mol. The highest BCUT2D eigenvalue weighted by Gasteiger charge is 2.22. The van der Waals surface area contributed by atoms with Gasteiger partial charge in [-0.3, -0.25) is 5.10 Å². The Bertz CT molecular complexity index is 558. The van der Waals surface area contributed by atoms with Crippen molar-refractivity contribution in [3.8, 4) is 11.3 Å². The number of hydrogen-bond donors (Lipinski definition) is 2. The van der Waals surface area contributed by atoms with E-state index in [1.54, 1.807) is 18.3 Å². The summed E-state index contributed by atoms with van der Waals surface area (Å²) in [6, 6.07) is 6.25. The van der Waals surface area contributed by atoms with Gasteiger partial charge in [-0.1, -0.05) is 25.7 Å². The number of aliphatic hydroxyl groups is 1. The van der Waals surface area contributed by atoms with Gasteiger partial charge in [-0.05, 0) is 36.6 Å². The van der Waals surface area contributed by atoms with Gasteiger partial charge in [0.1, 0.15) is 5.82 Å². The Morgan fingerprint density at radius 3 is 2.65 bits per heavy atom. The topological polar surface area (TPSA) is 48.9 Å². The summed E-state index contributed by atoms with van der Waals surface area (Å²) in [4.78, 5) is 0. The van der Waals surface area contributed by atoms with Gasteiger partial charge < -0.3 is 5.11 Å². The molecule has 2 aromatic rings. The van der Waals surface area contributed by atoms with Crippen molar-refractivity contribution < 1.29 is 9.50 Å². The molecule has 1 unspecified atom stereocenters. The van der Waals surface area contributed by atoms with E-state index in [0.717, 1.165) is 23.2 Å². The second-order valence-electron chi connectivity index (χ2n) is 5.61. The first kappa shape index (κ1) is 13.3. The lowest BCUT2D eigenvalue weighted by molar-refractivity contribution is 0.145. The Morgan fingerprint density at radius 1 is 1.25 bits per heavy atom. The Morgan fingerprint density at radius 2 is 1.95 bits per heavy atom. The van der Waals surface area contributed by atoms with E-state index in [9.17, 15) is 9.50 Å². The van der Waals surface area contributed by atoms with Crippen LogP contribution in [0.25, 0.3) is 11.3 Å². The summed E-state index contributed by atoms with van der Waals surface area (Å²) in [5.41, 5.74) is 2.45. The number of aromatic amines is 1. The van der Waals surface area contributed by atoms with E-state index >= 15 is 0 Å². The monoisotopic (exact) mass is 274 g/mol. The summed E-state index contributed by atoms with van der Waals surface area (Å²) in [5, 5.41) is 17.4. The maximum Gasteiger partial charge on any atom is 0.123 e. The highest BCUT2D eigenvalue weighted by Crippen LogP contribution is 2.35. The van der Waals surface area contributed by atoms with Crippen molar-refractivity contribution in [1.29, 1.82) is 0 Å². The number of aromatic nitrogens is 2. The van der Waals surface area contributed by atoms with Crippen LogP contribution in [0.5, 0.6) is 0 Å². The zero-order valence-electron chi connectivity index (χ0n) is 11.3. The Kier molecular flexibility index (Phi) is 3.83. The number of H-pyrrole nitrogens is 1. The second-order valence-corrected chi connectivity index (χ2v) is 5.61. The third-order valence-electron chi connectivity index (χ3n) is 4.19. The van der Waals surface area contributed by atoms with Gasteiger partial charge in [0, 0.05) is 11.1 Å². The fourth-order valence-electron chi connectivity index (χ4n) is 3.08. The highest BCUT2D eigenvalue weighted by molar-refractivity contribution is 5.62. The molecule has 0 amide bonds. The van der Waals surface area contributed by atoms with E-state index in [2.05, 4.69) is 10.2 Å². The molecule has 4 heteroatoms. The molecule has 20 heavy (non-hydrogen) atoms. The van der Waals surface area contributed by atoms with Gasteiger partial charge in [0.2, 0.25) is 0 Å². The van der Waals surface area contributed by atoms with E-state index in [1.807, 2.05) is 0 Å². The highest BCUT2D eigenvalue weighted by atomic mass is 19.1. The van der Waals surface area contributed by atoms with Crippen molar-refractivity contribution in [2.45, 2.75) is 38.2 Å². The van der Waals surface area contributed by atoms with E-state index < -0.39 is 6.10 Å². The number of aliphatic hydroxyl groups excluding tert-OH is 1. The Balaban J connectivity index is 1.80. The van der Waals surface area contributed by atoms with Crippen LogP contribution in [0.3, 0.4) is 0 Å². The first-order valence-electron chi connectivity index (χ1n) is 7.21. The van der Waals surface area contributed by atoms with Crippen LogP contribution >= 0.6 is 0 Å². The molecule has 0 saturated heterocycles. The third kappa shape index (κ3) is 2.75. The van der Waals surface area contributed by atoms with Gasteiger partial charge in [0.25, 0.3) is 0 Å². The molecule has 1 aliphatic carbocycles. The predicted octanol–water partition coefficient (Wildman–Crippen LogP) is 3.83. The lowest BCUT2D eigenvalue weighted by Gasteiger charge is -2.15. The Hall–Kier alpha value is -1.68. The van der Waals surface area contributed by atoms with Gasteiger partial charge in [0.05, 0.1) is 18.0 Å². The number of halogens is 1. The first-order chi connectivity index (χ1) is 9.74. The van der Waals surface area contributed by atoms with Crippen molar-refractivity contribution in [3.05, 3.63) is 41.8 Å². The Labute approximate surface area is 117 Å². The lowest BCUT2D eigenvalue weighted by Crippen LogP contribution is -2.04. The molecule has 3 rings (SSSR count). The summed E-state index contributed by atoms with van der Waals surface area (Å²) in [7, 11) is 0. The second kappa shape index (κ2) is 5.75. The van der Waals surface area contributed by atoms with Crippen molar-refractivity contribution in [1.82, 2.24) is 10.2 Å². The molecule has 1 aromatic carbocycles. The summed E-state index contributed by atoms with van der Waals surface area (Å²) in [6.45, 7) is 0. The minimum absolute atomic E-state index is 0.263. The quantitative estimate of drug-likeness (QED) is 0.890. The van der Waals surface area contributed by atoms with Crippen molar-refractivity contribution in [2.24, 2.45) is 5.92 Å². The normalized spacial score (nSPS) is 17.5. The van der Waals surface area contributed by atoms with Crippen molar-refractivity contribution in [3.63, 3.8) is 0 Å². The van der Waals surface area contributed by atoms with E-state index in [1.165, 1.54) is 37.8 Å². The molecule has 1 aromatic heterocycles. The van der Waals surface area contributed by atoms with E-state index in [4.69, 9.17) is 0 Å². The molecular formula is C16H19FN2O. The largest absolute Gasteiger partial charge is 0.388 e. The molecule has 106 valence electrons. The van der Waals surface area contributed by atoms with Crippen LogP contribution < -0.4 is 0 Å². The van der Waals surface area contributed by atoms with Crippen molar-refractivity contribution >= 4 is 0 Å². The summed E-state index contributed by atoms with van der Waals surface area (Å²) >= 11 is 0. The van der Waals surface area contributed by atoms with Gasteiger partial charge in [-0.15, -0.1) is 0 Å². The standard InChI is InChI=1S/C16H19FN2O/c17-13-7-5-12(6-8-13)16-14(10-18-19-16)15(20)9-11-3-1-2-4-11/h5-8,10-11,15,20H,1-4,9H2,(H,18,19). The molecule has 0 bridgehead atoms. The smallest absolute Gasteiger partial charge is 0.123 e. The lowest BCUT2D eigenvalue weighted by atomic mass is 9.94. The molecule has 3 nitrogen and oxygen atoms in total. The van der Waals surface area contributed by atoms with Crippen LogP contribution in [0.4, 0.5) is 4.39 Å². The fourth-order valence-corrected chi connectivity index (χ4v) is 3.08.